The summed E-state index contributed by atoms with van der Waals surface area (Å²) in [6, 6.07) is 3.98. The first-order chi connectivity index (χ1) is 14.1. The number of rotatable bonds is 7. The number of aliphatic imine (C=N–C) groups is 1. The lowest BCUT2D eigenvalue weighted by Crippen LogP contribution is -2.45. The molecule has 1 heterocycles. The van der Waals surface area contributed by atoms with E-state index in [0.29, 0.717) is 32.0 Å². The molecule has 1 saturated heterocycles. The first-order valence-corrected chi connectivity index (χ1v) is 10.3. The Labute approximate surface area is 175 Å². The van der Waals surface area contributed by atoms with Gasteiger partial charge in [0.05, 0.1) is 18.2 Å². The SMILES string of the molecule is CCNC(=NCc1ccc(OC(C)C)cc1C(F)(F)F)NC1CCN(C(=O)CC)C1. The number of benzene rings is 1. The van der Waals surface area contributed by atoms with Crippen LogP contribution in [-0.4, -0.2) is 48.5 Å². The van der Waals surface area contributed by atoms with E-state index in [9.17, 15) is 18.0 Å². The minimum atomic E-state index is -4.50. The summed E-state index contributed by atoms with van der Waals surface area (Å²) in [6.45, 7) is 8.91. The standard InChI is InChI=1S/C21H31F3N4O2/c1-5-19(29)28-10-9-16(13-28)27-20(25-6-2)26-12-15-7-8-17(30-14(3)4)11-18(15)21(22,23)24/h7-8,11,14,16H,5-6,9-10,12-13H2,1-4H3,(H2,25,26,27). The number of hydrogen-bond donors (Lipinski definition) is 2. The normalized spacial score (nSPS) is 17.4. The van der Waals surface area contributed by atoms with Gasteiger partial charge in [0.15, 0.2) is 5.96 Å². The molecule has 1 unspecified atom stereocenters. The second kappa shape index (κ2) is 10.5. The Morgan fingerprint density at radius 1 is 1.33 bits per heavy atom. The van der Waals surface area contributed by atoms with Gasteiger partial charge < -0.3 is 20.3 Å². The van der Waals surface area contributed by atoms with Crippen molar-refractivity contribution in [2.24, 2.45) is 4.99 Å². The van der Waals surface area contributed by atoms with Gasteiger partial charge in [0.25, 0.3) is 0 Å². The predicted molar refractivity (Wildman–Crippen MR) is 110 cm³/mol. The maximum atomic E-state index is 13.5. The number of alkyl halides is 3. The number of nitrogens with zero attached hydrogens (tertiary/aromatic N) is 2. The first kappa shape index (κ1) is 23.8. The third-order valence-corrected chi connectivity index (χ3v) is 4.69. The second-order valence-electron chi connectivity index (χ2n) is 7.50. The zero-order chi connectivity index (χ0) is 22.3. The van der Waals surface area contributed by atoms with Crippen LogP contribution in [0, 0.1) is 0 Å². The second-order valence-corrected chi connectivity index (χ2v) is 7.50. The molecule has 0 spiro atoms. The molecule has 6 nitrogen and oxygen atoms in total. The summed E-state index contributed by atoms with van der Waals surface area (Å²) in [4.78, 5) is 18.0. The molecule has 0 aromatic heterocycles. The molecule has 2 rings (SSSR count). The summed E-state index contributed by atoms with van der Waals surface area (Å²) < 4.78 is 46.0. The van der Waals surface area contributed by atoms with Gasteiger partial charge in [-0.3, -0.25) is 4.79 Å². The van der Waals surface area contributed by atoms with Gasteiger partial charge in [-0.15, -0.1) is 0 Å². The Morgan fingerprint density at radius 2 is 2.07 bits per heavy atom. The van der Waals surface area contributed by atoms with Crippen molar-refractivity contribution in [3.05, 3.63) is 29.3 Å². The van der Waals surface area contributed by atoms with Crippen molar-refractivity contribution >= 4 is 11.9 Å². The number of likely N-dealkylation sites (tertiary alicyclic amines) is 1. The van der Waals surface area contributed by atoms with Crippen molar-refractivity contribution in [3.63, 3.8) is 0 Å². The van der Waals surface area contributed by atoms with E-state index in [0.717, 1.165) is 12.5 Å². The average molecular weight is 428 g/mol. The maximum Gasteiger partial charge on any atom is 0.416 e. The summed E-state index contributed by atoms with van der Waals surface area (Å²) in [5, 5.41) is 6.29. The van der Waals surface area contributed by atoms with Crippen molar-refractivity contribution in [2.45, 2.75) is 65.4 Å². The highest BCUT2D eigenvalue weighted by Crippen LogP contribution is 2.35. The lowest BCUT2D eigenvalue weighted by atomic mass is 10.1. The number of halogens is 3. The van der Waals surface area contributed by atoms with Gasteiger partial charge in [0, 0.05) is 32.1 Å². The average Bonchev–Trinajstić information content (AvgIpc) is 3.13. The van der Waals surface area contributed by atoms with E-state index in [1.165, 1.54) is 12.1 Å². The van der Waals surface area contributed by atoms with Crippen molar-refractivity contribution in [1.82, 2.24) is 15.5 Å². The van der Waals surface area contributed by atoms with Gasteiger partial charge in [0.2, 0.25) is 5.91 Å². The van der Waals surface area contributed by atoms with Gasteiger partial charge in [-0.2, -0.15) is 13.2 Å². The Bertz CT molecular complexity index is 750. The summed E-state index contributed by atoms with van der Waals surface area (Å²) in [7, 11) is 0. The number of nitrogens with one attached hydrogen (secondary N) is 2. The summed E-state index contributed by atoms with van der Waals surface area (Å²) in [5.74, 6) is 0.713. The summed E-state index contributed by atoms with van der Waals surface area (Å²) in [5.41, 5.74) is -0.675. The molecule has 30 heavy (non-hydrogen) atoms. The molecular weight excluding hydrogens is 397 g/mol. The van der Waals surface area contributed by atoms with Gasteiger partial charge in [0.1, 0.15) is 5.75 Å². The van der Waals surface area contributed by atoms with Crippen LogP contribution < -0.4 is 15.4 Å². The van der Waals surface area contributed by atoms with Crippen LogP contribution in [0.5, 0.6) is 5.75 Å². The van der Waals surface area contributed by atoms with Crippen molar-refractivity contribution in [3.8, 4) is 5.75 Å². The van der Waals surface area contributed by atoms with E-state index < -0.39 is 11.7 Å². The number of ether oxygens (including phenoxy) is 1. The van der Waals surface area contributed by atoms with Gasteiger partial charge in [-0.25, -0.2) is 4.99 Å². The molecule has 0 bridgehead atoms. The monoisotopic (exact) mass is 428 g/mol. The summed E-state index contributed by atoms with van der Waals surface area (Å²) in [6.07, 6.45) is -3.49. The Kier molecular flexibility index (Phi) is 8.37. The molecule has 1 aromatic carbocycles. The van der Waals surface area contributed by atoms with E-state index in [-0.39, 0.29) is 35.9 Å². The number of amides is 1. The third kappa shape index (κ3) is 6.81. The largest absolute Gasteiger partial charge is 0.491 e. The molecule has 0 radical (unpaired) electrons. The molecule has 9 heteroatoms. The van der Waals surface area contributed by atoms with Gasteiger partial charge in [-0.05, 0) is 44.9 Å². The fraction of sp³-hybridized carbons (Fsp3) is 0.619. The quantitative estimate of drug-likeness (QED) is 0.515. The van der Waals surface area contributed by atoms with Crippen LogP contribution in [0.25, 0.3) is 0 Å². The smallest absolute Gasteiger partial charge is 0.416 e. The van der Waals surface area contributed by atoms with Crippen LogP contribution in [0.4, 0.5) is 13.2 Å². The van der Waals surface area contributed by atoms with E-state index in [2.05, 4.69) is 15.6 Å². The van der Waals surface area contributed by atoms with Crippen LogP contribution >= 0.6 is 0 Å². The Balaban J connectivity index is 2.14. The van der Waals surface area contributed by atoms with E-state index in [1.54, 1.807) is 18.7 Å². The zero-order valence-corrected chi connectivity index (χ0v) is 18.0. The third-order valence-electron chi connectivity index (χ3n) is 4.69. The number of guanidine groups is 1. The van der Waals surface area contributed by atoms with E-state index in [1.807, 2.05) is 13.8 Å². The molecule has 1 amide bonds. The van der Waals surface area contributed by atoms with E-state index in [4.69, 9.17) is 4.74 Å². The van der Waals surface area contributed by atoms with Crippen LogP contribution in [0.15, 0.2) is 23.2 Å². The fourth-order valence-corrected chi connectivity index (χ4v) is 3.31. The van der Waals surface area contributed by atoms with Crippen LogP contribution in [0.3, 0.4) is 0 Å². The Hall–Kier alpha value is -2.45. The highest BCUT2D eigenvalue weighted by Gasteiger charge is 2.34. The van der Waals surface area contributed by atoms with Crippen molar-refractivity contribution in [1.29, 1.82) is 0 Å². The van der Waals surface area contributed by atoms with Crippen molar-refractivity contribution in [2.75, 3.05) is 19.6 Å². The minimum Gasteiger partial charge on any atom is -0.491 e. The van der Waals surface area contributed by atoms with Gasteiger partial charge >= 0.3 is 6.18 Å². The molecule has 1 aliphatic heterocycles. The molecule has 0 aliphatic carbocycles. The molecule has 0 saturated carbocycles. The highest BCUT2D eigenvalue weighted by atomic mass is 19.4. The predicted octanol–water partition coefficient (Wildman–Crippen LogP) is 3.56. The fourth-order valence-electron chi connectivity index (χ4n) is 3.31. The zero-order valence-electron chi connectivity index (χ0n) is 18.0. The molecule has 1 aliphatic rings. The highest BCUT2D eigenvalue weighted by molar-refractivity contribution is 5.80. The number of carbonyl (C=O) groups excluding carboxylic acids is 1. The van der Waals surface area contributed by atoms with Crippen LogP contribution in [0.2, 0.25) is 0 Å². The molecule has 1 fully saturated rings. The number of hydrogen-bond acceptors (Lipinski definition) is 3. The molecular formula is C21H31F3N4O2. The molecule has 168 valence electrons. The first-order valence-electron chi connectivity index (χ1n) is 10.3. The lowest BCUT2D eigenvalue weighted by molar-refractivity contribution is -0.138. The maximum absolute atomic E-state index is 13.5. The topological polar surface area (TPSA) is 66.0 Å². The minimum absolute atomic E-state index is 0.0159. The van der Waals surface area contributed by atoms with Gasteiger partial charge in [-0.1, -0.05) is 13.0 Å². The lowest BCUT2D eigenvalue weighted by Gasteiger charge is -2.19. The Morgan fingerprint density at radius 3 is 2.67 bits per heavy atom. The van der Waals surface area contributed by atoms with Crippen molar-refractivity contribution < 1.29 is 22.7 Å². The van der Waals surface area contributed by atoms with Crippen LogP contribution in [0.1, 0.15) is 51.7 Å². The van der Waals surface area contributed by atoms with E-state index >= 15 is 0 Å². The molecule has 1 aromatic rings. The number of carbonyl (C=O) groups is 1. The molecule has 1 atom stereocenters. The molecule has 2 N–H and O–H groups in total. The summed E-state index contributed by atoms with van der Waals surface area (Å²) >= 11 is 0. The van der Waals surface area contributed by atoms with Crippen LogP contribution in [-0.2, 0) is 17.5 Å².